The van der Waals surface area contributed by atoms with E-state index in [0.29, 0.717) is 12.0 Å². The maximum Gasteiger partial charge on any atom is 0.333 e. The average Bonchev–Trinajstić information content (AvgIpc) is 2.42. The molecule has 0 spiro atoms. The van der Waals surface area contributed by atoms with Crippen LogP contribution in [-0.2, 0) is 14.3 Å². The molecule has 0 aliphatic heterocycles. The van der Waals surface area contributed by atoms with E-state index in [4.69, 9.17) is 10.5 Å². The molecule has 6 heteroatoms. The van der Waals surface area contributed by atoms with Crippen LogP contribution in [0.2, 0.25) is 0 Å². The predicted octanol–water partition coefficient (Wildman–Crippen LogP) is 1.57. The third-order valence-corrected chi connectivity index (χ3v) is 2.70. The quantitative estimate of drug-likeness (QED) is 0.781. The molecule has 20 heavy (non-hydrogen) atoms. The number of hydrogen-bond acceptors (Lipinski definition) is 4. The van der Waals surface area contributed by atoms with Crippen molar-refractivity contribution in [1.29, 1.82) is 0 Å². The molecule has 112 valence electrons. The minimum absolute atomic E-state index is 0. The zero-order chi connectivity index (χ0) is 14.3. The molecule has 0 radical (unpaired) electrons. The Labute approximate surface area is 125 Å². The molecule has 0 saturated carbocycles. The third kappa shape index (κ3) is 6.04. The molecule has 0 fully saturated rings. The number of nitrogens with one attached hydrogen (secondary N) is 1. The lowest BCUT2D eigenvalue weighted by Crippen LogP contribution is -2.35. The van der Waals surface area contributed by atoms with E-state index in [1.807, 2.05) is 13.0 Å². The van der Waals surface area contributed by atoms with Gasteiger partial charge in [-0.15, -0.1) is 12.4 Å². The Morgan fingerprint density at radius 1 is 1.30 bits per heavy atom. The number of benzene rings is 1. The van der Waals surface area contributed by atoms with E-state index in [1.54, 1.807) is 24.3 Å². The monoisotopic (exact) mass is 300 g/mol. The van der Waals surface area contributed by atoms with Crippen molar-refractivity contribution >= 4 is 24.3 Å². The van der Waals surface area contributed by atoms with Crippen LogP contribution in [0.25, 0.3) is 0 Å². The van der Waals surface area contributed by atoms with Gasteiger partial charge in [-0.1, -0.05) is 30.3 Å². The molecule has 1 rings (SSSR count). The van der Waals surface area contributed by atoms with Gasteiger partial charge in [0.2, 0.25) is 5.91 Å². The zero-order valence-electron chi connectivity index (χ0n) is 11.7. The molecule has 0 heterocycles. The van der Waals surface area contributed by atoms with Crippen LogP contribution in [-0.4, -0.2) is 25.0 Å². The highest BCUT2D eigenvalue weighted by Crippen LogP contribution is 2.14. The van der Waals surface area contributed by atoms with Crippen molar-refractivity contribution in [1.82, 2.24) is 5.32 Å². The molecule has 0 aliphatic carbocycles. The zero-order valence-corrected chi connectivity index (χ0v) is 12.5. The standard InChI is InChI=1S/C14H20N2O3.ClH/c1-10(15)8-9-12(17)16-13(14(18)19-2)11-6-4-3-5-7-11;/h3-7,10,13H,8-9,15H2,1-2H3,(H,16,17);1H. The summed E-state index contributed by atoms with van der Waals surface area (Å²) < 4.78 is 4.71. The fourth-order valence-electron chi connectivity index (χ4n) is 1.63. The van der Waals surface area contributed by atoms with Gasteiger partial charge in [0.15, 0.2) is 6.04 Å². The summed E-state index contributed by atoms with van der Waals surface area (Å²) in [6.45, 7) is 1.84. The van der Waals surface area contributed by atoms with Gasteiger partial charge < -0.3 is 15.8 Å². The Morgan fingerprint density at radius 2 is 1.90 bits per heavy atom. The molecule has 0 bridgehead atoms. The molecule has 1 aromatic carbocycles. The lowest BCUT2D eigenvalue weighted by Gasteiger charge is -2.17. The Hall–Kier alpha value is -1.59. The molecule has 2 unspecified atom stereocenters. The molecule has 3 N–H and O–H groups in total. The first-order valence-electron chi connectivity index (χ1n) is 6.22. The van der Waals surface area contributed by atoms with Crippen LogP contribution in [0.5, 0.6) is 0 Å². The highest BCUT2D eigenvalue weighted by molar-refractivity contribution is 5.85. The summed E-state index contributed by atoms with van der Waals surface area (Å²) in [5.74, 6) is -0.697. The summed E-state index contributed by atoms with van der Waals surface area (Å²) in [4.78, 5) is 23.5. The predicted molar refractivity (Wildman–Crippen MR) is 79.5 cm³/mol. The number of amides is 1. The number of halogens is 1. The molecule has 5 nitrogen and oxygen atoms in total. The van der Waals surface area contributed by atoms with E-state index in [1.165, 1.54) is 7.11 Å². The number of carbonyl (C=O) groups is 2. The van der Waals surface area contributed by atoms with Gasteiger partial charge >= 0.3 is 5.97 Å². The molecule has 0 aliphatic rings. The maximum absolute atomic E-state index is 11.8. The molecular formula is C14H21ClN2O3. The Morgan fingerprint density at radius 3 is 2.40 bits per heavy atom. The number of ether oxygens (including phenoxy) is 1. The van der Waals surface area contributed by atoms with Crippen molar-refractivity contribution in [2.75, 3.05) is 7.11 Å². The molecular weight excluding hydrogens is 280 g/mol. The van der Waals surface area contributed by atoms with Crippen LogP contribution in [0.4, 0.5) is 0 Å². The van der Waals surface area contributed by atoms with Gasteiger partial charge in [0.05, 0.1) is 7.11 Å². The molecule has 0 saturated heterocycles. The highest BCUT2D eigenvalue weighted by atomic mass is 35.5. The summed E-state index contributed by atoms with van der Waals surface area (Å²) in [7, 11) is 1.30. The van der Waals surface area contributed by atoms with Crippen molar-refractivity contribution in [3.63, 3.8) is 0 Å². The second-order valence-electron chi connectivity index (χ2n) is 4.45. The lowest BCUT2D eigenvalue weighted by molar-refractivity contribution is -0.145. The van der Waals surface area contributed by atoms with Crippen LogP contribution in [0.3, 0.4) is 0 Å². The second kappa shape index (κ2) is 9.34. The number of rotatable bonds is 6. The molecule has 0 aromatic heterocycles. The fourth-order valence-corrected chi connectivity index (χ4v) is 1.63. The van der Waals surface area contributed by atoms with Crippen LogP contribution >= 0.6 is 12.4 Å². The summed E-state index contributed by atoms with van der Waals surface area (Å²) in [6, 6.07) is 8.18. The van der Waals surface area contributed by atoms with Gasteiger partial charge in [0.25, 0.3) is 0 Å². The number of methoxy groups -OCH3 is 1. The van der Waals surface area contributed by atoms with Crippen LogP contribution in [0.15, 0.2) is 30.3 Å². The van der Waals surface area contributed by atoms with E-state index < -0.39 is 12.0 Å². The summed E-state index contributed by atoms with van der Waals surface area (Å²) in [6.07, 6.45) is 0.868. The maximum atomic E-state index is 11.8. The first kappa shape index (κ1) is 18.4. The van der Waals surface area contributed by atoms with Crippen molar-refractivity contribution < 1.29 is 14.3 Å². The first-order chi connectivity index (χ1) is 9.04. The fraction of sp³-hybridized carbons (Fsp3) is 0.429. The topological polar surface area (TPSA) is 81.4 Å². The van der Waals surface area contributed by atoms with E-state index in [0.717, 1.165) is 0 Å². The van der Waals surface area contributed by atoms with Crippen molar-refractivity contribution in [3.8, 4) is 0 Å². The first-order valence-corrected chi connectivity index (χ1v) is 6.22. The van der Waals surface area contributed by atoms with E-state index in [-0.39, 0.29) is 30.8 Å². The van der Waals surface area contributed by atoms with Crippen LogP contribution in [0.1, 0.15) is 31.4 Å². The second-order valence-corrected chi connectivity index (χ2v) is 4.45. The summed E-state index contributed by atoms with van der Waals surface area (Å²) in [5.41, 5.74) is 6.29. The molecule has 1 aromatic rings. The van der Waals surface area contributed by atoms with E-state index in [2.05, 4.69) is 5.32 Å². The number of hydrogen-bond donors (Lipinski definition) is 2. The van der Waals surface area contributed by atoms with E-state index >= 15 is 0 Å². The number of carbonyl (C=O) groups excluding carboxylic acids is 2. The van der Waals surface area contributed by atoms with Crippen LogP contribution < -0.4 is 11.1 Å². The lowest BCUT2D eigenvalue weighted by atomic mass is 10.1. The van der Waals surface area contributed by atoms with Gasteiger partial charge in [0.1, 0.15) is 0 Å². The molecule has 2 atom stereocenters. The SMILES string of the molecule is COC(=O)C(NC(=O)CCC(C)N)c1ccccc1.Cl. The van der Waals surface area contributed by atoms with Gasteiger partial charge in [-0.3, -0.25) is 4.79 Å². The highest BCUT2D eigenvalue weighted by Gasteiger charge is 2.23. The van der Waals surface area contributed by atoms with Gasteiger partial charge in [-0.25, -0.2) is 4.79 Å². The minimum atomic E-state index is -0.771. The summed E-state index contributed by atoms with van der Waals surface area (Å²) >= 11 is 0. The largest absolute Gasteiger partial charge is 0.467 e. The third-order valence-electron chi connectivity index (χ3n) is 2.70. The minimum Gasteiger partial charge on any atom is -0.467 e. The van der Waals surface area contributed by atoms with Gasteiger partial charge in [0, 0.05) is 12.5 Å². The Balaban J connectivity index is 0.00000361. The summed E-state index contributed by atoms with van der Waals surface area (Å²) in [5, 5.41) is 2.67. The van der Waals surface area contributed by atoms with E-state index in [9.17, 15) is 9.59 Å². The Bertz CT molecular complexity index is 424. The smallest absolute Gasteiger partial charge is 0.333 e. The van der Waals surface area contributed by atoms with Crippen LogP contribution in [0, 0.1) is 0 Å². The average molecular weight is 301 g/mol. The van der Waals surface area contributed by atoms with Crippen molar-refractivity contribution in [2.24, 2.45) is 5.73 Å². The number of nitrogens with two attached hydrogens (primary N) is 1. The number of esters is 1. The molecule has 1 amide bonds. The van der Waals surface area contributed by atoms with Gasteiger partial charge in [-0.05, 0) is 18.9 Å². The normalized spacial score (nSPS) is 12.8. The van der Waals surface area contributed by atoms with Crippen molar-refractivity contribution in [2.45, 2.75) is 31.8 Å². The van der Waals surface area contributed by atoms with Gasteiger partial charge in [-0.2, -0.15) is 0 Å². The Kier molecular flexibility index (Phi) is 8.59. The van der Waals surface area contributed by atoms with Crippen molar-refractivity contribution in [3.05, 3.63) is 35.9 Å².